The molecule has 1 aliphatic rings. The van der Waals surface area contributed by atoms with Crippen molar-refractivity contribution in [1.29, 1.82) is 0 Å². The van der Waals surface area contributed by atoms with Gasteiger partial charge in [-0.25, -0.2) is 0 Å². The highest BCUT2D eigenvalue weighted by atomic mass is 15.0. The van der Waals surface area contributed by atoms with E-state index in [-0.39, 0.29) is 0 Å². The minimum atomic E-state index is 0.812. The summed E-state index contributed by atoms with van der Waals surface area (Å²) in [6.45, 7) is 17.4. The predicted octanol–water partition coefficient (Wildman–Crippen LogP) is 6.89. The molecule has 2 nitrogen and oxygen atoms in total. The minimum Gasteiger partial charge on any atom is -0.343 e. The number of rotatable bonds is 7. The number of hydrogen-bond donors (Lipinski definition) is 0. The molecule has 1 saturated carbocycles. The summed E-state index contributed by atoms with van der Waals surface area (Å²) in [6, 6.07) is 8.64. The Hall–Kier alpha value is -2.61. The summed E-state index contributed by atoms with van der Waals surface area (Å²) in [5, 5.41) is 0. The van der Waals surface area contributed by atoms with Crippen LogP contribution in [0.4, 0.5) is 5.69 Å². The number of aryl methyl sites for hydroxylation is 1. The smallest absolute Gasteiger partial charge is 0.0668 e. The molecule has 0 N–H and O–H groups in total. The Bertz CT molecular complexity index is 933. The maximum Gasteiger partial charge on any atom is 0.0668 e. The van der Waals surface area contributed by atoms with Crippen LogP contribution in [0.5, 0.6) is 0 Å². The normalized spacial score (nSPS) is 14.7. The fourth-order valence-corrected chi connectivity index (χ4v) is 3.33. The number of nitrogens with zero attached hydrogens (tertiary/aromatic N) is 2. The average Bonchev–Trinajstić information content (AvgIpc) is 3.40. The van der Waals surface area contributed by atoms with Gasteiger partial charge in [0, 0.05) is 12.2 Å². The quantitative estimate of drug-likeness (QED) is 0.379. The van der Waals surface area contributed by atoms with Gasteiger partial charge in [-0.2, -0.15) is 0 Å². The molecule has 1 fully saturated rings. The molecule has 3 rings (SSSR count). The molecule has 0 radical (unpaired) electrons. The van der Waals surface area contributed by atoms with Crippen LogP contribution in [-0.4, -0.2) is 10.3 Å². The molecular formula is C25H30N2. The number of allylic oxidation sites excluding steroid dienone is 3. The molecule has 1 aromatic carbocycles. The molecule has 2 heteroatoms. The lowest BCUT2D eigenvalue weighted by atomic mass is 10.1. The van der Waals surface area contributed by atoms with Crippen molar-refractivity contribution in [2.75, 3.05) is 0 Å². The van der Waals surface area contributed by atoms with E-state index in [1.165, 1.54) is 35.4 Å². The van der Waals surface area contributed by atoms with Gasteiger partial charge in [-0.1, -0.05) is 49.1 Å². The zero-order chi connectivity index (χ0) is 19.6. The Morgan fingerprint density at radius 3 is 2.59 bits per heavy atom. The molecule has 0 bridgehead atoms. The molecular weight excluding hydrogens is 328 g/mol. The number of hydrogen-bond acceptors (Lipinski definition) is 1. The van der Waals surface area contributed by atoms with Crippen LogP contribution in [0.3, 0.4) is 0 Å². The summed E-state index contributed by atoms with van der Waals surface area (Å²) in [5.41, 5.74) is 9.23. The standard InChI is InChI=1S/C25H30N2/c1-7-8-9-23-15-25(27(20(23)6)16-21-11-12-21)19(5)26-24-14-22(17(2)3)13-10-18(24)4/h7-10,13-15,21H,1-2,11-12,16H2,3-6H3/b9-8-,26-19?. The SMILES string of the molecule is C=C/C=C\c1cc(C(C)=Nc2cc(C(=C)C)ccc2C)n(CC2CC2)c1C. The van der Waals surface area contributed by atoms with Gasteiger partial charge in [-0.05, 0) is 75.3 Å². The zero-order valence-corrected chi connectivity index (χ0v) is 17.0. The summed E-state index contributed by atoms with van der Waals surface area (Å²) < 4.78 is 2.44. The number of benzene rings is 1. The van der Waals surface area contributed by atoms with E-state index in [1.807, 2.05) is 19.1 Å². The van der Waals surface area contributed by atoms with E-state index in [0.29, 0.717) is 0 Å². The minimum absolute atomic E-state index is 0.812. The lowest BCUT2D eigenvalue weighted by molar-refractivity contribution is 0.612. The molecule has 0 atom stereocenters. The summed E-state index contributed by atoms with van der Waals surface area (Å²) >= 11 is 0. The van der Waals surface area contributed by atoms with Crippen molar-refractivity contribution >= 4 is 23.0 Å². The van der Waals surface area contributed by atoms with Gasteiger partial charge in [-0.3, -0.25) is 4.99 Å². The van der Waals surface area contributed by atoms with Crippen LogP contribution in [0, 0.1) is 19.8 Å². The molecule has 0 amide bonds. The summed E-state index contributed by atoms with van der Waals surface area (Å²) in [7, 11) is 0. The maximum absolute atomic E-state index is 5.01. The van der Waals surface area contributed by atoms with Gasteiger partial charge in [0.25, 0.3) is 0 Å². The third-order valence-electron chi connectivity index (χ3n) is 5.32. The van der Waals surface area contributed by atoms with E-state index in [4.69, 9.17) is 4.99 Å². The average molecular weight is 359 g/mol. The van der Waals surface area contributed by atoms with E-state index in [2.05, 4.69) is 68.8 Å². The van der Waals surface area contributed by atoms with Crippen molar-refractivity contribution in [1.82, 2.24) is 4.57 Å². The van der Waals surface area contributed by atoms with Gasteiger partial charge in [0.15, 0.2) is 0 Å². The molecule has 1 heterocycles. The van der Waals surface area contributed by atoms with Gasteiger partial charge in [-0.15, -0.1) is 0 Å². The highest BCUT2D eigenvalue weighted by Gasteiger charge is 2.24. The Morgan fingerprint density at radius 2 is 1.96 bits per heavy atom. The fraction of sp³-hybridized carbons (Fsp3) is 0.320. The monoisotopic (exact) mass is 358 g/mol. The van der Waals surface area contributed by atoms with Crippen LogP contribution >= 0.6 is 0 Å². The molecule has 0 saturated heterocycles. The van der Waals surface area contributed by atoms with Gasteiger partial charge in [0.05, 0.1) is 17.1 Å². The Balaban J connectivity index is 2.05. The number of aromatic nitrogens is 1. The molecule has 2 aromatic rings. The van der Waals surface area contributed by atoms with Crippen LogP contribution in [0.15, 0.2) is 54.6 Å². The highest BCUT2D eigenvalue weighted by molar-refractivity contribution is 6.00. The molecule has 1 aromatic heterocycles. The molecule has 0 spiro atoms. The van der Waals surface area contributed by atoms with Crippen molar-refractivity contribution < 1.29 is 0 Å². The Labute approximate surface area is 163 Å². The predicted molar refractivity (Wildman–Crippen MR) is 119 cm³/mol. The lowest BCUT2D eigenvalue weighted by Gasteiger charge is -2.12. The van der Waals surface area contributed by atoms with Gasteiger partial charge in [0.2, 0.25) is 0 Å². The first kappa shape index (κ1) is 19.2. The molecule has 140 valence electrons. The van der Waals surface area contributed by atoms with Crippen molar-refractivity contribution in [3.63, 3.8) is 0 Å². The summed E-state index contributed by atoms with van der Waals surface area (Å²) in [6.07, 6.45) is 8.64. The van der Waals surface area contributed by atoms with E-state index in [9.17, 15) is 0 Å². The zero-order valence-electron chi connectivity index (χ0n) is 17.0. The summed E-state index contributed by atoms with van der Waals surface area (Å²) in [5.74, 6) is 0.812. The highest BCUT2D eigenvalue weighted by Crippen LogP contribution is 2.33. The van der Waals surface area contributed by atoms with Crippen LogP contribution in [0.25, 0.3) is 11.6 Å². The van der Waals surface area contributed by atoms with Crippen molar-refractivity contribution in [3.8, 4) is 0 Å². The topological polar surface area (TPSA) is 17.3 Å². The first-order valence-electron chi connectivity index (χ1n) is 9.72. The van der Waals surface area contributed by atoms with Gasteiger partial charge >= 0.3 is 0 Å². The molecule has 1 aliphatic carbocycles. The molecule has 0 aliphatic heterocycles. The van der Waals surface area contributed by atoms with Crippen molar-refractivity contribution in [2.24, 2.45) is 10.9 Å². The van der Waals surface area contributed by atoms with E-state index in [1.54, 1.807) is 0 Å². The first-order valence-corrected chi connectivity index (χ1v) is 9.72. The second kappa shape index (κ2) is 7.96. The lowest BCUT2D eigenvalue weighted by Crippen LogP contribution is -2.10. The van der Waals surface area contributed by atoms with E-state index < -0.39 is 0 Å². The van der Waals surface area contributed by atoms with Crippen LogP contribution in [0.2, 0.25) is 0 Å². The Kier molecular flexibility index (Phi) is 5.65. The third-order valence-corrected chi connectivity index (χ3v) is 5.32. The van der Waals surface area contributed by atoms with Crippen molar-refractivity contribution in [2.45, 2.75) is 47.1 Å². The summed E-state index contributed by atoms with van der Waals surface area (Å²) in [4.78, 5) is 5.01. The largest absolute Gasteiger partial charge is 0.343 e. The van der Waals surface area contributed by atoms with Crippen molar-refractivity contribution in [3.05, 3.63) is 77.7 Å². The molecule has 0 unspecified atom stereocenters. The van der Waals surface area contributed by atoms with Crippen LogP contribution in [0.1, 0.15) is 54.8 Å². The Morgan fingerprint density at radius 1 is 1.22 bits per heavy atom. The first-order chi connectivity index (χ1) is 12.9. The number of aliphatic imine (C=N–C) groups is 1. The van der Waals surface area contributed by atoms with Gasteiger partial charge < -0.3 is 4.57 Å². The third kappa shape index (κ3) is 4.39. The van der Waals surface area contributed by atoms with Crippen LogP contribution < -0.4 is 0 Å². The molecule has 27 heavy (non-hydrogen) atoms. The fourth-order valence-electron chi connectivity index (χ4n) is 3.33. The second-order valence-corrected chi connectivity index (χ2v) is 7.70. The maximum atomic E-state index is 5.01. The van der Waals surface area contributed by atoms with E-state index >= 15 is 0 Å². The second-order valence-electron chi connectivity index (χ2n) is 7.70. The van der Waals surface area contributed by atoms with E-state index in [0.717, 1.165) is 35.0 Å². The van der Waals surface area contributed by atoms with Gasteiger partial charge in [0.1, 0.15) is 0 Å². The van der Waals surface area contributed by atoms with Crippen LogP contribution in [-0.2, 0) is 6.54 Å².